The van der Waals surface area contributed by atoms with Gasteiger partial charge in [-0.1, -0.05) is 24.4 Å². The Hall–Kier alpha value is -1.30. The van der Waals surface area contributed by atoms with E-state index in [2.05, 4.69) is 10.2 Å². The average molecular weight is 381 g/mol. The Morgan fingerprint density at radius 2 is 1.96 bits per heavy atom. The molecule has 1 aromatic rings. The lowest BCUT2D eigenvalue weighted by Gasteiger charge is -2.32. The minimum absolute atomic E-state index is 0.0446. The second-order valence-electron chi connectivity index (χ2n) is 7.25. The highest BCUT2D eigenvalue weighted by Crippen LogP contribution is 2.29. The van der Waals surface area contributed by atoms with Crippen LogP contribution in [0.2, 0.25) is 5.02 Å². The molecule has 1 aromatic carbocycles. The Balaban J connectivity index is 1.50. The molecule has 0 spiro atoms. The molecule has 26 heavy (non-hydrogen) atoms. The number of benzene rings is 1. The van der Waals surface area contributed by atoms with Crippen LogP contribution in [0.15, 0.2) is 18.2 Å². The van der Waals surface area contributed by atoms with Crippen LogP contribution in [0.4, 0.5) is 0 Å². The predicted octanol–water partition coefficient (Wildman–Crippen LogP) is 3.50. The van der Waals surface area contributed by atoms with Crippen LogP contribution in [0.25, 0.3) is 0 Å². The smallest absolute Gasteiger partial charge is 0.251 e. The Kier molecular flexibility index (Phi) is 7.17. The van der Waals surface area contributed by atoms with E-state index >= 15 is 0 Å². The number of amides is 1. The van der Waals surface area contributed by atoms with Crippen LogP contribution in [0.5, 0.6) is 5.75 Å². The van der Waals surface area contributed by atoms with Crippen molar-refractivity contribution in [2.45, 2.75) is 50.7 Å². The number of rotatable bonds is 7. The number of hydrogen-bond donors (Lipinski definition) is 1. The van der Waals surface area contributed by atoms with Gasteiger partial charge in [0.25, 0.3) is 5.91 Å². The lowest BCUT2D eigenvalue weighted by molar-refractivity contribution is 0.0797. The summed E-state index contributed by atoms with van der Waals surface area (Å²) in [6.07, 6.45) is 6.66. The van der Waals surface area contributed by atoms with Gasteiger partial charge in [0.2, 0.25) is 0 Å². The van der Waals surface area contributed by atoms with Crippen molar-refractivity contribution in [2.75, 3.05) is 33.4 Å². The van der Waals surface area contributed by atoms with Gasteiger partial charge in [-0.2, -0.15) is 0 Å². The van der Waals surface area contributed by atoms with Gasteiger partial charge in [0.15, 0.2) is 0 Å². The summed E-state index contributed by atoms with van der Waals surface area (Å²) < 4.78 is 11.2. The molecule has 1 amide bonds. The van der Waals surface area contributed by atoms with E-state index in [1.54, 1.807) is 19.2 Å². The third-order valence-electron chi connectivity index (χ3n) is 5.32. The maximum Gasteiger partial charge on any atom is 0.251 e. The molecule has 0 atom stereocenters. The van der Waals surface area contributed by atoms with Gasteiger partial charge < -0.3 is 19.7 Å². The molecule has 1 aliphatic carbocycles. The zero-order chi connectivity index (χ0) is 18.4. The van der Waals surface area contributed by atoms with Crippen molar-refractivity contribution < 1.29 is 14.3 Å². The zero-order valence-corrected chi connectivity index (χ0v) is 16.3. The third-order valence-corrected chi connectivity index (χ3v) is 5.62. The summed E-state index contributed by atoms with van der Waals surface area (Å²) in [5, 5.41) is 3.60. The van der Waals surface area contributed by atoms with Crippen molar-refractivity contribution in [3.05, 3.63) is 28.8 Å². The number of carbonyl (C=O) groups excluding carboxylic acids is 1. The normalized spacial score (nSPS) is 19.6. The summed E-state index contributed by atoms with van der Waals surface area (Å²) in [6, 6.07) is 5.65. The summed E-state index contributed by atoms with van der Waals surface area (Å²) in [6.45, 7) is 3.75. The van der Waals surface area contributed by atoms with Crippen LogP contribution < -0.4 is 10.1 Å². The Morgan fingerprint density at radius 1 is 1.23 bits per heavy atom. The summed E-state index contributed by atoms with van der Waals surface area (Å²) in [7, 11) is 1.73. The van der Waals surface area contributed by atoms with Gasteiger partial charge in [0.05, 0.1) is 11.6 Å². The first-order valence-electron chi connectivity index (χ1n) is 9.64. The van der Waals surface area contributed by atoms with Gasteiger partial charge in [-0.15, -0.1) is 0 Å². The molecule has 0 radical (unpaired) electrons. The SMILES string of the molecule is COCCN1CCC(Oc2ccc(C(=O)NC3CCCC3)cc2Cl)CC1. The molecule has 2 aliphatic rings. The Bertz CT molecular complexity index is 597. The molecule has 1 heterocycles. The fraction of sp³-hybridized carbons (Fsp3) is 0.650. The molecular formula is C20H29ClN2O3. The summed E-state index contributed by atoms with van der Waals surface area (Å²) in [4.78, 5) is 14.7. The van der Waals surface area contributed by atoms with Gasteiger partial charge in [0.1, 0.15) is 11.9 Å². The van der Waals surface area contributed by atoms with Gasteiger partial charge in [0, 0.05) is 38.3 Å². The predicted molar refractivity (Wildman–Crippen MR) is 103 cm³/mol. The molecule has 1 N–H and O–H groups in total. The number of piperidine rings is 1. The first-order valence-corrected chi connectivity index (χ1v) is 10.0. The number of hydrogen-bond acceptors (Lipinski definition) is 4. The minimum Gasteiger partial charge on any atom is -0.489 e. The fourth-order valence-electron chi connectivity index (χ4n) is 3.73. The molecule has 0 unspecified atom stereocenters. The molecule has 5 nitrogen and oxygen atoms in total. The van der Waals surface area contributed by atoms with Crippen LogP contribution in [0, 0.1) is 0 Å². The summed E-state index contributed by atoms with van der Waals surface area (Å²) >= 11 is 6.37. The molecule has 1 aliphatic heterocycles. The van der Waals surface area contributed by atoms with E-state index < -0.39 is 0 Å². The van der Waals surface area contributed by atoms with Gasteiger partial charge in [-0.25, -0.2) is 0 Å². The van der Waals surface area contributed by atoms with Gasteiger partial charge >= 0.3 is 0 Å². The number of carbonyl (C=O) groups is 1. The van der Waals surface area contributed by atoms with Crippen molar-refractivity contribution in [2.24, 2.45) is 0 Å². The van der Waals surface area contributed by atoms with Crippen LogP contribution in [0.1, 0.15) is 48.9 Å². The van der Waals surface area contributed by atoms with Crippen LogP contribution in [0.3, 0.4) is 0 Å². The van der Waals surface area contributed by atoms with E-state index in [-0.39, 0.29) is 12.0 Å². The second-order valence-corrected chi connectivity index (χ2v) is 7.66. The van der Waals surface area contributed by atoms with E-state index in [0.717, 1.165) is 51.9 Å². The number of nitrogens with zero attached hydrogens (tertiary/aromatic N) is 1. The van der Waals surface area contributed by atoms with E-state index in [9.17, 15) is 4.79 Å². The minimum atomic E-state index is -0.0446. The number of nitrogens with one attached hydrogen (secondary N) is 1. The second kappa shape index (κ2) is 9.58. The molecular weight excluding hydrogens is 352 g/mol. The summed E-state index contributed by atoms with van der Waals surface area (Å²) in [5.74, 6) is 0.622. The third kappa shape index (κ3) is 5.35. The molecule has 1 saturated heterocycles. The molecule has 6 heteroatoms. The van der Waals surface area contributed by atoms with Crippen molar-refractivity contribution in [3.63, 3.8) is 0 Å². The van der Waals surface area contributed by atoms with Gasteiger partial charge in [-0.05, 0) is 43.9 Å². The van der Waals surface area contributed by atoms with E-state index in [4.69, 9.17) is 21.1 Å². The quantitative estimate of drug-likeness (QED) is 0.786. The van der Waals surface area contributed by atoms with E-state index in [1.807, 2.05) is 6.07 Å². The van der Waals surface area contributed by atoms with Crippen LogP contribution in [-0.4, -0.2) is 56.3 Å². The topological polar surface area (TPSA) is 50.8 Å². The highest BCUT2D eigenvalue weighted by Gasteiger charge is 2.22. The molecule has 3 rings (SSSR count). The highest BCUT2D eigenvalue weighted by molar-refractivity contribution is 6.32. The maximum atomic E-state index is 12.4. The standard InChI is InChI=1S/C20H29ClN2O3/c1-25-13-12-23-10-8-17(9-11-23)26-19-7-6-15(14-18(19)21)20(24)22-16-4-2-3-5-16/h6-7,14,16-17H,2-5,8-13H2,1H3,(H,22,24). The molecule has 0 bridgehead atoms. The zero-order valence-electron chi connectivity index (χ0n) is 15.5. The van der Waals surface area contributed by atoms with Crippen LogP contribution in [-0.2, 0) is 4.74 Å². The van der Waals surface area contributed by atoms with Crippen LogP contribution >= 0.6 is 11.6 Å². The lowest BCUT2D eigenvalue weighted by atomic mass is 10.1. The Labute approximate surface area is 161 Å². The number of ether oxygens (including phenoxy) is 2. The maximum absolute atomic E-state index is 12.4. The van der Waals surface area contributed by atoms with Crippen molar-refractivity contribution in [1.29, 1.82) is 0 Å². The van der Waals surface area contributed by atoms with Crippen molar-refractivity contribution in [1.82, 2.24) is 10.2 Å². The molecule has 144 valence electrons. The van der Waals surface area contributed by atoms with Crippen molar-refractivity contribution >= 4 is 17.5 Å². The number of likely N-dealkylation sites (tertiary alicyclic amines) is 1. The fourth-order valence-corrected chi connectivity index (χ4v) is 3.95. The molecule has 2 fully saturated rings. The number of halogens is 1. The highest BCUT2D eigenvalue weighted by atomic mass is 35.5. The molecule has 1 saturated carbocycles. The molecule has 0 aromatic heterocycles. The Morgan fingerprint density at radius 3 is 2.62 bits per heavy atom. The van der Waals surface area contributed by atoms with Crippen molar-refractivity contribution in [3.8, 4) is 5.75 Å². The van der Waals surface area contributed by atoms with E-state index in [0.29, 0.717) is 22.4 Å². The largest absolute Gasteiger partial charge is 0.489 e. The average Bonchev–Trinajstić information content (AvgIpc) is 3.15. The van der Waals surface area contributed by atoms with Gasteiger partial charge in [-0.3, -0.25) is 4.79 Å². The number of methoxy groups -OCH3 is 1. The summed E-state index contributed by atoms with van der Waals surface area (Å²) in [5.41, 5.74) is 0.601. The monoisotopic (exact) mass is 380 g/mol. The first-order chi connectivity index (χ1) is 12.7. The van der Waals surface area contributed by atoms with E-state index in [1.165, 1.54) is 12.8 Å². The first kappa shape index (κ1) is 19.5. The lowest BCUT2D eigenvalue weighted by Crippen LogP contribution is -2.39.